The molecule has 1 saturated heterocycles. The largest absolute Gasteiger partial charge is 0.353 e. The molecule has 1 saturated carbocycles. The van der Waals surface area contributed by atoms with Crippen molar-refractivity contribution in [1.82, 2.24) is 15.2 Å². The number of rotatable bonds is 5. The molecule has 2 fully saturated rings. The summed E-state index contributed by atoms with van der Waals surface area (Å²) in [5.41, 5.74) is 2.34. The molecule has 0 bridgehead atoms. The third kappa shape index (κ3) is 3.84. The van der Waals surface area contributed by atoms with Crippen LogP contribution in [0.2, 0.25) is 0 Å². The highest BCUT2D eigenvalue weighted by Crippen LogP contribution is 2.29. The first-order valence-electron chi connectivity index (χ1n) is 8.80. The van der Waals surface area contributed by atoms with Gasteiger partial charge in [-0.3, -0.25) is 9.69 Å². The average Bonchev–Trinajstić information content (AvgIpc) is 3.37. The number of hydrogen-bond acceptors (Lipinski definition) is 4. The summed E-state index contributed by atoms with van der Waals surface area (Å²) in [5.74, 6) is 0.592. The molecule has 1 aliphatic heterocycles. The van der Waals surface area contributed by atoms with E-state index in [4.69, 9.17) is 4.98 Å². The molecule has 1 N–H and O–H groups in total. The Balaban J connectivity index is 1.28. The van der Waals surface area contributed by atoms with Crippen molar-refractivity contribution < 1.29 is 4.79 Å². The Morgan fingerprint density at radius 2 is 1.92 bits per heavy atom. The van der Waals surface area contributed by atoms with Gasteiger partial charge in [0.05, 0.1) is 5.69 Å². The number of piperidine rings is 1. The maximum Gasteiger partial charge on any atom is 0.223 e. The molecule has 2 aromatic rings. The van der Waals surface area contributed by atoms with Crippen LogP contribution in [0.5, 0.6) is 0 Å². The molecule has 1 amide bonds. The summed E-state index contributed by atoms with van der Waals surface area (Å²) in [7, 11) is 0. The minimum absolute atomic E-state index is 0.278. The molecule has 0 atom stereocenters. The van der Waals surface area contributed by atoms with Gasteiger partial charge in [0.25, 0.3) is 0 Å². The molecular weight excluding hydrogens is 318 g/mol. The summed E-state index contributed by atoms with van der Waals surface area (Å²) in [6, 6.07) is 10.7. The zero-order chi connectivity index (χ0) is 16.4. The van der Waals surface area contributed by atoms with E-state index in [9.17, 15) is 4.79 Å². The zero-order valence-corrected chi connectivity index (χ0v) is 14.6. The van der Waals surface area contributed by atoms with Gasteiger partial charge in [-0.2, -0.15) is 0 Å². The molecule has 1 aromatic carbocycles. The number of likely N-dealkylation sites (tertiary alicyclic amines) is 1. The maximum atomic E-state index is 11.9. The number of carbonyl (C=O) groups is 1. The monoisotopic (exact) mass is 341 g/mol. The zero-order valence-electron chi connectivity index (χ0n) is 13.8. The summed E-state index contributed by atoms with van der Waals surface area (Å²) in [6.07, 6.45) is 4.26. The van der Waals surface area contributed by atoms with E-state index in [2.05, 4.69) is 39.9 Å². The number of benzene rings is 1. The van der Waals surface area contributed by atoms with Gasteiger partial charge in [0.2, 0.25) is 5.91 Å². The van der Waals surface area contributed by atoms with Crippen LogP contribution in [0, 0.1) is 5.92 Å². The molecule has 126 valence electrons. The quantitative estimate of drug-likeness (QED) is 0.907. The van der Waals surface area contributed by atoms with Gasteiger partial charge in [0.1, 0.15) is 5.01 Å². The fourth-order valence-electron chi connectivity index (χ4n) is 3.22. The van der Waals surface area contributed by atoms with Gasteiger partial charge in [-0.1, -0.05) is 30.3 Å². The number of nitrogens with one attached hydrogen (secondary N) is 1. The predicted molar refractivity (Wildman–Crippen MR) is 96.7 cm³/mol. The van der Waals surface area contributed by atoms with Crippen LogP contribution in [-0.4, -0.2) is 34.9 Å². The molecule has 2 aliphatic rings. The van der Waals surface area contributed by atoms with Gasteiger partial charge in [0, 0.05) is 42.5 Å². The van der Waals surface area contributed by atoms with Crippen LogP contribution in [0.25, 0.3) is 10.6 Å². The SMILES string of the molecule is O=C(NC1CCN(Cc2csc(-c3ccccc3)n2)CC1)C1CC1. The second kappa shape index (κ2) is 7.03. The van der Waals surface area contributed by atoms with Crippen molar-refractivity contribution in [2.45, 2.75) is 38.3 Å². The van der Waals surface area contributed by atoms with Crippen LogP contribution in [0.3, 0.4) is 0 Å². The van der Waals surface area contributed by atoms with E-state index >= 15 is 0 Å². The standard InChI is InChI=1S/C19H23N3OS/c23-18(14-6-7-14)20-16-8-10-22(11-9-16)12-17-13-24-19(21-17)15-4-2-1-3-5-15/h1-5,13-14,16H,6-12H2,(H,20,23). The van der Waals surface area contributed by atoms with E-state index in [1.807, 2.05) is 6.07 Å². The average molecular weight is 341 g/mol. The summed E-state index contributed by atoms with van der Waals surface area (Å²) < 4.78 is 0. The fourth-order valence-corrected chi connectivity index (χ4v) is 4.04. The van der Waals surface area contributed by atoms with Crippen molar-refractivity contribution in [2.24, 2.45) is 5.92 Å². The van der Waals surface area contributed by atoms with Gasteiger partial charge in [0.15, 0.2) is 0 Å². The van der Waals surface area contributed by atoms with Crippen molar-refractivity contribution in [3.05, 3.63) is 41.4 Å². The van der Waals surface area contributed by atoms with E-state index in [1.54, 1.807) is 11.3 Å². The molecule has 0 radical (unpaired) electrons. The van der Waals surface area contributed by atoms with Crippen LogP contribution in [0.15, 0.2) is 35.7 Å². The van der Waals surface area contributed by atoms with Gasteiger partial charge in [-0.15, -0.1) is 11.3 Å². The minimum atomic E-state index is 0.278. The Morgan fingerprint density at radius 1 is 1.17 bits per heavy atom. The maximum absolute atomic E-state index is 11.9. The number of aromatic nitrogens is 1. The van der Waals surface area contributed by atoms with Crippen molar-refractivity contribution in [3.63, 3.8) is 0 Å². The summed E-state index contributed by atoms with van der Waals surface area (Å²) in [5, 5.41) is 6.48. The first-order valence-corrected chi connectivity index (χ1v) is 9.68. The third-order valence-corrected chi connectivity index (χ3v) is 5.78. The molecule has 2 heterocycles. The van der Waals surface area contributed by atoms with Crippen molar-refractivity contribution in [3.8, 4) is 10.6 Å². The minimum Gasteiger partial charge on any atom is -0.353 e. The Labute approximate surface area is 146 Å². The Hall–Kier alpha value is -1.72. The van der Waals surface area contributed by atoms with Crippen LogP contribution < -0.4 is 5.32 Å². The molecule has 0 unspecified atom stereocenters. The lowest BCUT2D eigenvalue weighted by Gasteiger charge is -2.31. The molecule has 5 heteroatoms. The van der Waals surface area contributed by atoms with Gasteiger partial charge < -0.3 is 5.32 Å². The van der Waals surface area contributed by atoms with E-state index in [1.165, 1.54) is 5.56 Å². The fraction of sp³-hybridized carbons (Fsp3) is 0.474. The number of carbonyl (C=O) groups excluding carboxylic acids is 1. The Bertz CT molecular complexity index is 688. The topological polar surface area (TPSA) is 45.2 Å². The lowest BCUT2D eigenvalue weighted by Crippen LogP contribution is -2.44. The van der Waals surface area contributed by atoms with Gasteiger partial charge >= 0.3 is 0 Å². The highest BCUT2D eigenvalue weighted by Gasteiger charge is 2.31. The number of thiazole rings is 1. The molecule has 4 nitrogen and oxygen atoms in total. The highest BCUT2D eigenvalue weighted by molar-refractivity contribution is 7.13. The molecule has 1 aliphatic carbocycles. The Kier molecular flexibility index (Phi) is 4.63. The molecule has 1 aromatic heterocycles. The van der Waals surface area contributed by atoms with Gasteiger partial charge in [-0.05, 0) is 25.7 Å². The lowest BCUT2D eigenvalue weighted by molar-refractivity contribution is -0.123. The summed E-state index contributed by atoms with van der Waals surface area (Å²) >= 11 is 1.72. The molecule has 4 rings (SSSR count). The highest BCUT2D eigenvalue weighted by atomic mass is 32.1. The van der Waals surface area contributed by atoms with Crippen LogP contribution in [0.4, 0.5) is 0 Å². The normalized spacial score (nSPS) is 19.3. The van der Waals surface area contributed by atoms with Crippen molar-refractivity contribution >= 4 is 17.2 Å². The smallest absolute Gasteiger partial charge is 0.223 e. The Morgan fingerprint density at radius 3 is 2.62 bits per heavy atom. The number of nitrogens with zero attached hydrogens (tertiary/aromatic N) is 2. The van der Waals surface area contributed by atoms with E-state index in [0.29, 0.717) is 12.0 Å². The lowest BCUT2D eigenvalue weighted by atomic mass is 10.0. The summed E-state index contributed by atoms with van der Waals surface area (Å²) in [4.78, 5) is 19.1. The van der Waals surface area contributed by atoms with E-state index < -0.39 is 0 Å². The molecule has 24 heavy (non-hydrogen) atoms. The van der Waals surface area contributed by atoms with E-state index in [0.717, 1.165) is 56.0 Å². The van der Waals surface area contributed by atoms with E-state index in [-0.39, 0.29) is 5.91 Å². The van der Waals surface area contributed by atoms with Crippen LogP contribution >= 0.6 is 11.3 Å². The second-order valence-electron chi connectivity index (χ2n) is 6.84. The van der Waals surface area contributed by atoms with Crippen LogP contribution in [-0.2, 0) is 11.3 Å². The first-order chi connectivity index (χ1) is 11.8. The van der Waals surface area contributed by atoms with Gasteiger partial charge in [-0.25, -0.2) is 4.98 Å². The van der Waals surface area contributed by atoms with Crippen molar-refractivity contribution in [2.75, 3.05) is 13.1 Å². The second-order valence-corrected chi connectivity index (χ2v) is 7.70. The third-order valence-electron chi connectivity index (χ3n) is 4.84. The van der Waals surface area contributed by atoms with Crippen molar-refractivity contribution in [1.29, 1.82) is 0 Å². The molecule has 0 spiro atoms. The van der Waals surface area contributed by atoms with Crippen LogP contribution in [0.1, 0.15) is 31.4 Å². The molecular formula is C19H23N3OS. The number of hydrogen-bond donors (Lipinski definition) is 1. The first kappa shape index (κ1) is 15.8. The summed E-state index contributed by atoms with van der Waals surface area (Å²) in [6.45, 7) is 2.98. The number of amides is 1. The predicted octanol–water partition coefficient (Wildman–Crippen LogP) is 3.30.